The molecule has 0 aliphatic rings. The highest BCUT2D eigenvalue weighted by molar-refractivity contribution is 7.98. The summed E-state index contributed by atoms with van der Waals surface area (Å²) in [6, 6.07) is 0. The lowest BCUT2D eigenvalue weighted by atomic mass is 10.1. The molecule has 1 aromatic heterocycles. The number of nitrogens with zero attached hydrogens (tertiary/aromatic N) is 1. The largest absolute Gasteiger partial charge is 0.387 e. The van der Waals surface area contributed by atoms with Gasteiger partial charge in [0.05, 0.1) is 22.7 Å². The number of nitrogens with one attached hydrogen (secondary N) is 1. The van der Waals surface area contributed by atoms with E-state index in [4.69, 9.17) is 0 Å². The van der Waals surface area contributed by atoms with Gasteiger partial charge in [0.15, 0.2) is 0 Å². The number of hydrogen-bond acceptors (Lipinski definition) is 5. The number of carbonyl (C=O) groups excluding carboxylic acids is 1. The molecule has 19 heavy (non-hydrogen) atoms. The van der Waals surface area contributed by atoms with Crippen molar-refractivity contribution in [2.45, 2.75) is 38.7 Å². The highest BCUT2D eigenvalue weighted by atomic mass is 32.2. The van der Waals surface area contributed by atoms with Crippen molar-refractivity contribution in [3.8, 4) is 0 Å². The average Bonchev–Trinajstić information content (AvgIpc) is 2.75. The van der Waals surface area contributed by atoms with Crippen molar-refractivity contribution in [3.63, 3.8) is 0 Å². The normalized spacial score (nSPS) is 14.4. The van der Waals surface area contributed by atoms with Crippen LogP contribution in [0.4, 0.5) is 0 Å². The first-order chi connectivity index (χ1) is 8.84. The highest BCUT2D eigenvalue weighted by Gasteiger charge is 2.20. The van der Waals surface area contributed by atoms with Crippen LogP contribution in [-0.2, 0) is 11.2 Å². The fraction of sp³-hybridized carbons (Fsp3) is 0.692. The Kier molecular flexibility index (Phi) is 6.29. The number of aliphatic hydroxyl groups is 1. The molecule has 0 aliphatic heterocycles. The van der Waals surface area contributed by atoms with Gasteiger partial charge in [-0.3, -0.25) is 4.79 Å². The van der Waals surface area contributed by atoms with Crippen LogP contribution < -0.4 is 5.32 Å². The summed E-state index contributed by atoms with van der Waals surface area (Å²) in [5.41, 5.74) is -0.0593. The first-order valence-electron chi connectivity index (χ1n) is 6.26. The Labute approximate surface area is 123 Å². The maximum atomic E-state index is 11.8. The molecule has 1 unspecified atom stereocenters. The molecule has 0 saturated heterocycles. The summed E-state index contributed by atoms with van der Waals surface area (Å²) in [6.07, 6.45) is 2.21. The van der Waals surface area contributed by atoms with Crippen LogP contribution in [0.5, 0.6) is 0 Å². The van der Waals surface area contributed by atoms with Crippen molar-refractivity contribution in [1.82, 2.24) is 10.3 Å². The Morgan fingerprint density at radius 2 is 2.32 bits per heavy atom. The Hall–Kier alpha value is -0.590. The van der Waals surface area contributed by atoms with Crippen LogP contribution in [0.15, 0.2) is 5.38 Å². The minimum atomic E-state index is -0.861. The third kappa shape index (κ3) is 5.93. The topological polar surface area (TPSA) is 62.2 Å². The number of carbonyl (C=O) groups is 1. The molecule has 0 bridgehead atoms. The van der Waals surface area contributed by atoms with E-state index in [1.165, 1.54) is 0 Å². The van der Waals surface area contributed by atoms with Gasteiger partial charge in [0.2, 0.25) is 5.91 Å². The predicted molar refractivity (Wildman–Crippen MR) is 81.9 cm³/mol. The van der Waals surface area contributed by atoms with E-state index in [0.717, 1.165) is 10.7 Å². The van der Waals surface area contributed by atoms with Gasteiger partial charge in [0.25, 0.3) is 0 Å². The molecule has 0 fully saturated rings. The highest BCUT2D eigenvalue weighted by Crippen LogP contribution is 2.19. The van der Waals surface area contributed by atoms with Crippen molar-refractivity contribution < 1.29 is 9.90 Å². The molecule has 1 atom stereocenters. The second-order valence-corrected chi connectivity index (χ2v) is 6.97. The molecule has 1 heterocycles. The molecule has 2 N–H and O–H groups in total. The lowest BCUT2D eigenvalue weighted by Crippen LogP contribution is -2.42. The quantitative estimate of drug-likeness (QED) is 0.809. The monoisotopic (exact) mass is 302 g/mol. The van der Waals surface area contributed by atoms with Gasteiger partial charge >= 0.3 is 0 Å². The SMILES string of the molecule is CSCC(C)(O)CNC(=O)Cc1csc(C(C)C)n1. The molecular formula is C13H22N2O2S2. The summed E-state index contributed by atoms with van der Waals surface area (Å²) in [4.78, 5) is 16.2. The molecule has 0 aromatic carbocycles. The second kappa shape index (κ2) is 7.26. The molecule has 6 heteroatoms. The second-order valence-electron chi connectivity index (χ2n) is 5.22. The van der Waals surface area contributed by atoms with Crippen molar-refractivity contribution in [2.75, 3.05) is 18.6 Å². The fourth-order valence-corrected chi connectivity index (χ4v) is 3.11. The lowest BCUT2D eigenvalue weighted by molar-refractivity contribution is -0.121. The van der Waals surface area contributed by atoms with Gasteiger partial charge in [-0.25, -0.2) is 4.98 Å². The van der Waals surface area contributed by atoms with Gasteiger partial charge in [0, 0.05) is 23.6 Å². The van der Waals surface area contributed by atoms with Crippen LogP contribution in [0, 0.1) is 0 Å². The number of hydrogen-bond donors (Lipinski definition) is 2. The van der Waals surface area contributed by atoms with Gasteiger partial charge in [0.1, 0.15) is 0 Å². The Morgan fingerprint density at radius 1 is 1.63 bits per heavy atom. The molecule has 0 saturated carbocycles. The van der Waals surface area contributed by atoms with Crippen molar-refractivity contribution in [2.24, 2.45) is 0 Å². The zero-order valence-corrected chi connectivity index (χ0v) is 13.5. The van der Waals surface area contributed by atoms with Crippen LogP contribution in [0.25, 0.3) is 0 Å². The Balaban J connectivity index is 2.42. The zero-order valence-electron chi connectivity index (χ0n) is 11.9. The van der Waals surface area contributed by atoms with Crippen LogP contribution in [0.3, 0.4) is 0 Å². The van der Waals surface area contributed by atoms with E-state index in [2.05, 4.69) is 24.1 Å². The van der Waals surface area contributed by atoms with Gasteiger partial charge in [-0.2, -0.15) is 11.8 Å². The minimum Gasteiger partial charge on any atom is -0.387 e. The van der Waals surface area contributed by atoms with Crippen LogP contribution >= 0.6 is 23.1 Å². The maximum absolute atomic E-state index is 11.8. The smallest absolute Gasteiger partial charge is 0.226 e. The molecule has 1 rings (SSSR count). The van der Waals surface area contributed by atoms with Crippen molar-refractivity contribution >= 4 is 29.0 Å². The van der Waals surface area contributed by atoms with Crippen molar-refractivity contribution in [1.29, 1.82) is 0 Å². The minimum absolute atomic E-state index is 0.0954. The lowest BCUT2D eigenvalue weighted by Gasteiger charge is -2.22. The van der Waals surface area contributed by atoms with Crippen LogP contribution in [0.1, 0.15) is 37.4 Å². The standard InChI is InChI=1S/C13H22N2O2S2/c1-9(2)12-15-10(6-19-12)5-11(16)14-7-13(3,17)8-18-4/h6,9,17H,5,7-8H2,1-4H3,(H,14,16). The summed E-state index contributed by atoms with van der Waals surface area (Å²) >= 11 is 3.15. The first kappa shape index (κ1) is 16.5. The third-order valence-electron chi connectivity index (χ3n) is 2.53. The zero-order chi connectivity index (χ0) is 14.5. The molecular weight excluding hydrogens is 280 g/mol. The van der Waals surface area contributed by atoms with E-state index in [1.807, 2.05) is 11.6 Å². The number of amides is 1. The molecule has 0 radical (unpaired) electrons. The van der Waals surface area contributed by atoms with E-state index in [-0.39, 0.29) is 18.9 Å². The average molecular weight is 302 g/mol. The summed E-state index contributed by atoms with van der Waals surface area (Å²) < 4.78 is 0. The number of aromatic nitrogens is 1. The van der Waals surface area contributed by atoms with Gasteiger partial charge in [-0.15, -0.1) is 11.3 Å². The van der Waals surface area contributed by atoms with Gasteiger partial charge in [-0.1, -0.05) is 13.8 Å². The summed E-state index contributed by atoms with van der Waals surface area (Å²) in [7, 11) is 0. The van der Waals surface area contributed by atoms with E-state index >= 15 is 0 Å². The fourth-order valence-electron chi connectivity index (χ4n) is 1.55. The summed E-state index contributed by atoms with van der Waals surface area (Å²) in [6.45, 7) is 6.17. The predicted octanol–water partition coefficient (Wildman–Crippen LogP) is 2.04. The Bertz CT molecular complexity index is 417. The number of thioether (sulfide) groups is 1. The van der Waals surface area contributed by atoms with E-state index in [9.17, 15) is 9.90 Å². The van der Waals surface area contributed by atoms with Crippen molar-refractivity contribution in [3.05, 3.63) is 16.1 Å². The van der Waals surface area contributed by atoms with Gasteiger partial charge in [-0.05, 0) is 13.2 Å². The number of rotatable bonds is 7. The molecule has 108 valence electrons. The first-order valence-corrected chi connectivity index (χ1v) is 8.54. The summed E-state index contributed by atoms with van der Waals surface area (Å²) in [5, 5.41) is 15.7. The molecule has 1 amide bonds. The maximum Gasteiger partial charge on any atom is 0.226 e. The van der Waals surface area contributed by atoms with Crippen LogP contribution in [-0.4, -0.2) is 40.2 Å². The van der Waals surface area contributed by atoms with E-state index in [1.54, 1.807) is 30.0 Å². The molecule has 0 aliphatic carbocycles. The van der Waals surface area contributed by atoms with Crippen LogP contribution in [0.2, 0.25) is 0 Å². The Morgan fingerprint density at radius 3 is 2.84 bits per heavy atom. The summed E-state index contributed by atoms with van der Waals surface area (Å²) in [5.74, 6) is 0.896. The molecule has 0 spiro atoms. The molecule has 4 nitrogen and oxygen atoms in total. The number of thiazole rings is 1. The van der Waals surface area contributed by atoms with Gasteiger partial charge < -0.3 is 10.4 Å². The van der Waals surface area contributed by atoms with E-state index < -0.39 is 5.60 Å². The third-order valence-corrected chi connectivity index (χ3v) is 4.63. The molecule has 1 aromatic rings. The van der Waals surface area contributed by atoms with E-state index in [0.29, 0.717) is 11.7 Å².